The number of ketones is 1. The summed E-state index contributed by atoms with van der Waals surface area (Å²) in [5.41, 5.74) is 1.10. The molecule has 2 aromatic rings. The van der Waals surface area contributed by atoms with Crippen molar-refractivity contribution < 1.29 is 29.3 Å². The first-order chi connectivity index (χ1) is 17.0. The molecule has 4 rings (SSSR count). The van der Waals surface area contributed by atoms with Gasteiger partial charge in [0, 0.05) is 31.7 Å². The fourth-order valence-corrected chi connectivity index (χ4v) is 4.51. The highest BCUT2D eigenvalue weighted by Gasteiger charge is 2.45. The molecule has 0 radical (unpaired) electrons. The molecular formula is C27H32N2O6. The number of aromatic hydroxyl groups is 1. The lowest BCUT2D eigenvalue weighted by Crippen LogP contribution is -2.38. The fraction of sp³-hybridized carbons (Fsp3) is 0.407. The lowest BCUT2D eigenvalue weighted by molar-refractivity contribution is -0.140. The molecule has 2 N–H and O–H groups in total. The molecule has 0 bridgehead atoms. The van der Waals surface area contributed by atoms with E-state index in [1.165, 1.54) is 17.0 Å². The number of benzene rings is 2. The average Bonchev–Trinajstić information content (AvgIpc) is 3.13. The van der Waals surface area contributed by atoms with Gasteiger partial charge in [-0.1, -0.05) is 31.2 Å². The number of Topliss-reactive ketones (excluding diaryl/α,β-unsaturated/α-hetero) is 1. The Morgan fingerprint density at radius 2 is 1.83 bits per heavy atom. The van der Waals surface area contributed by atoms with Crippen LogP contribution in [0.3, 0.4) is 0 Å². The molecule has 0 aliphatic carbocycles. The van der Waals surface area contributed by atoms with E-state index in [1.807, 2.05) is 6.92 Å². The van der Waals surface area contributed by atoms with Crippen LogP contribution in [0.25, 0.3) is 5.76 Å². The number of phenols is 1. The van der Waals surface area contributed by atoms with E-state index in [2.05, 4.69) is 4.90 Å². The highest BCUT2D eigenvalue weighted by molar-refractivity contribution is 6.46. The zero-order valence-corrected chi connectivity index (χ0v) is 20.0. The van der Waals surface area contributed by atoms with Crippen molar-refractivity contribution in [3.05, 3.63) is 65.2 Å². The Hall–Kier alpha value is -3.36. The molecule has 35 heavy (non-hydrogen) atoms. The van der Waals surface area contributed by atoms with Crippen molar-refractivity contribution in [1.29, 1.82) is 0 Å². The van der Waals surface area contributed by atoms with E-state index in [4.69, 9.17) is 9.47 Å². The molecule has 0 spiro atoms. The van der Waals surface area contributed by atoms with Gasteiger partial charge in [-0.3, -0.25) is 14.5 Å². The summed E-state index contributed by atoms with van der Waals surface area (Å²) in [4.78, 5) is 30.1. The molecule has 2 aliphatic heterocycles. The van der Waals surface area contributed by atoms with Crippen LogP contribution in [0.2, 0.25) is 0 Å². The predicted molar refractivity (Wildman–Crippen MR) is 131 cm³/mol. The molecule has 2 saturated heterocycles. The minimum absolute atomic E-state index is 0.0414. The molecule has 2 heterocycles. The van der Waals surface area contributed by atoms with E-state index in [0.717, 1.165) is 26.1 Å². The molecule has 1 atom stereocenters. The topological polar surface area (TPSA) is 99.5 Å². The number of carbonyl (C=O) groups excluding carboxylic acids is 2. The smallest absolute Gasteiger partial charge is 0.295 e. The van der Waals surface area contributed by atoms with Crippen LogP contribution in [0.5, 0.6) is 11.5 Å². The molecule has 1 amide bonds. The summed E-state index contributed by atoms with van der Waals surface area (Å²) in [6.07, 6.45) is 1.52. The van der Waals surface area contributed by atoms with Crippen molar-refractivity contribution in [3.63, 3.8) is 0 Å². The number of aliphatic hydroxyl groups is 1. The van der Waals surface area contributed by atoms with Gasteiger partial charge in [0.05, 0.1) is 31.4 Å². The van der Waals surface area contributed by atoms with Crippen molar-refractivity contribution >= 4 is 17.4 Å². The number of aliphatic hydroxyl groups excluding tert-OH is 1. The Kier molecular flexibility index (Phi) is 8.05. The number of carbonyl (C=O) groups is 2. The van der Waals surface area contributed by atoms with Crippen LogP contribution in [0.1, 0.15) is 36.9 Å². The lowest BCUT2D eigenvalue weighted by Gasteiger charge is -2.29. The SMILES string of the molecule is CCCOc1cccc(/C(O)=C2\C(=O)C(=O)N(CCCN3CCOCC3)C2c2ccc(O)cc2)c1. The molecular weight excluding hydrogens is 448 g/mol. The molecule has 8 heteroatoms. The Labute approximate surface area is 205 Å². The third-order valence-corrected chi connectivity index (χ3v) is 6.31. The van der Waals surface area contributed by atoms with E-state index >= 15 is 0 Å². The summed E-state index contributed by atoms with van der Waals surface area (Å²) in [7, 11) is 0. The standard InChI is InChI=1S/C27H32N2O6/c1-2-15-35-22-6-3-5-20(18-22)25(31)23-24(19-7-9-21(30)10-8-19)29(27(33)26(23)32)12-4-11-28-13-16-34-17-14-28/h3,5-10,18,24,30-31H,2,4,11-17H2,1H3/b25-23+. The normalized spacial score (nSPS) is 20.4. The van der Waals surface area contributed by atoms with Crippen molar-refractivity contribution in [1.82, 2.24) is 9.80 Å². The summed E-state index contributed by atoms with van der Waals surface area (Å²) in [6, 6.07) is 12.5. The molecule has 8 nitrogen and oxygen atoms in total. The van der Waals surface area contributed by atoms with Gasteiger partial charge in [-0.2, -0.15) is 0 Å². The molecule has 2 aliphatic rings. The second kappa shape index (κ2) is 11.4. The van der Waals surface area contributed by atoms with E-state index in [-0.39, 0.29) is 17.1 Å². The highest BCUT2D eigenvalue weighted by Crippen LogP contribution is 2.40. The van der Waals surface area contributed by atoms with E-state index < -0.39 is 17.7 Å². The third kappa shape index (κ3) is 5.66. The van der Waals surface area contributed by atoms with Crippen LogP contribution in [-0.4, -0.2) is 77.7 Å². The summed E-state index contributed by atoms with van der Waals surface area (Å²) < 4.78 is 11.1. The van der Waals surface area contributed by atoms with E-state index in [9.17, 15) is 19.8 Å². The maximum absolute atomic E-state index is 13.2. The Bertz CT molecular complexity index is 1080. The number of amides is 1. The van der Waals surface area contributed by atoms with Gasteiger partial charge in [0.2, 0.25) is 0 Å². The molecule has 0 aromatic heterocycles. The first-order valence-electron chi connectivity index (χ1n) is 12.1. The lowest BCUT2D eigenvalue weighted by atomic mass is 9.95. The molecule has 0 saturated carbocycles. The van der Waals surface area contributed by atoms with Crippen molar-refractivity contribution in [2.75, 3.05) is 46.0 Å². The first kappa shape index (κ1) is 24.8. The van der Waals surface area contributed by atoms with Crippen LogP contribution in [-0.2, 0) is 14.3 Å². The molecule has 1 unspecified atom stereocenters. The van der Waals surface area contributed by atoms with Crippen LogP contribution < -0.4 is 4.74 Å². The van der Waals surface area contributed by atoms with Crippen LogP contribution in [0.4, 0.5) is 0 Å². The van der Waals surface area contributed by atoms with Crippen LogP contribution in [0, 0.1) is 0 Å². The van der Waals surface area contributed by atoms with Gasteiger partial charge in [0.25, 0.3) is 11.7 Å². The number of phenolic OH excluding ortho intramolecular Hbond substituents is 1. The maximum Gasteiger partial charge on any atom is 0.295 e. The number of morpholine rings is 1. The Morgan fingerprint density at radius 3 is 2.54 bits per heavy atom. The molecule has 2 fully saturated rings. The van der Waals surface area contributed by atoms with Crippen molar-refractivity contribution in [2.45, 2.75) is 25.8 Å². The summed E-state index contributed by atoms with van der Waals surface area (Å²) in [5.74, 6) is -0.925. The minimum Gasteiger partial charge on any atom is -0.508 e. The minimum atomic E-state index is -0.750. The van der Waals surface area contributed by atoms with Crippen molar-refractivity contribution in [3.8, 4) is 11.5 Å². The summed E-state index contributed by atoms with van der Waals surface area (Å²) in [6.45, 7) is 6.76. The number of rotatable bonds is 9. The number of nitrogens with zero attached hydrogens (tertiary/aromatic N) is 2. The van der Waals surface area contributed by atoms with Gasteiger partial charge in [-0.15, -0.1) is 0 Å². The van der Waals surface area contributed by atoms with Crippen LogP contribution >= 0.6 is 0 Å². The number of hydrogen-bond acceptors (Lipinski definition) is 7. The van der Waals surface area contributed by atoms with Gasteiger partial charge < -0.3 is 24.6 Å². The molecule has 2 aromatic carbocycles. The van der Waals surface area contributed by atoms with Gasteiger partial charge in [-0.25, -0.2) is 0 Å². The quantitative estimate of drug-likeness (QED) is 0.323. The molecule has 186 valence electrons. The largest absolute Gasteiger partial charge is 0.508 e. The Balaban J connectivity index is 1.65. The summed E-state index contributed by atoms with van der Waals surface area (Å²) >= 11 is 0. The fourth-order valence-electron chi connectivity index (χ4n) is 4.51. The maximum atomic E-state index is 13.2. The zero-order chi connectivity index (χ0) is 24.8. The number of ether oxygens (including phenoxy) is 2. The monoisotopic (exact) mass is 480 g/mol. The second-order valence-corrected chi connectivity index (χ2v) is 8.77. The average molecular weight is 481 g/mol. The third-order valence-electron chi connectivity index (χ3n) is 6.31. The second-order valence-electron chi connectivity index (χ2n) is 8.77. The highest BCUT2D eigenvalue weighted by atomic mass is 16.5. The van der Waals surface area contributed by atoms with Gasteiger partial charge in [-0.05, 0) is 42.7 Å². The van der Waals surface area contributed by atoms with Crippen LogP contribution in [0.15, 0.2) is 54.1 Å². The summed E-state index contributed by atoms with van der Waals surface area (Å²) in [5, 5.41) is 21.0. The number of likely N-dealkylation sites (tertiary alicyclic amines) is 1. The first-order valence-corrected chi connectivity index (χ1v) is 12.1. The zero-order valence-electron chi connectivity index (χ0n) is 20.0. The van der Waals surface area contributed by atoms with E-state index in [1.54, 1.807) is 36.4 Å². The number of hydrogen-bond donors (Lipinski definition) is 2. The van der Waals surface area contributed by atoms with Gasteiger partial charge >= 0.3 is 0 Å². The Morgan fingerprint density at radius 1 is 1.09 bits per heavy atom. The van der Waals surface area contributed by atoms with Gasteiger partial charge in [0.1, 0.15) is 17.3 Å². The predicted octanol–water partition coefficient (Wildman–Crippen LogP) is 3.33. The van der Waals surface area contributed by atoms with Crippen molar-refractivity contribution in [2.24, 2.45) is 0 Å². The van der Waals surface area contributed by atoms with E-state index in [0.29, 0.717) is 49.7 Å². The van der Waals surface area contributed by atoms with Gasteiger partial charge in [0.15, 0.2) is 0 Å².